The van der Waals surface area contributed by atoms with Crippen molar-refractivity contribution in [1.29, 1.82) is 0 Å². The van der Waals surface area contributed by atoms with Crippen LogP contribution in [0.3, 0.4) is 0 Å². The lowest BCUT2D eigenvalue weighted by atomic mass is 9.98. The molecule has 0 saturated heterocycles. The fourth-order valence-corrected chi connectivity index (χ4v) is 4.01. The number of aliphatic hydroxyl groups excluding tert-OH is 1. The van der Waals surface area contributed by atoms with Gasteiger partial charge in [-0.2, -0.15) is 0 Å². The topological polar surface area (TPSA) is 125 Å². The first-order valence-corrected chi connectivity index (χ1v) is 10.8. The minimum Gasteiger partial charge on any atom is -0.479 e. The molecule has 0 bridgehead atoms. The molecule has 1 unspecified atom stereocenters. The first-order chi connectivity index (χ1) is 16.7. The van der Waals surface area contributed by atoms with Crippen LogP contribution in [0.5, 0.6) is 0 Å². The SMILES string of the molecule is CC(CO)(NC(=O)c1cc(NC(=O)OCC2c3ccccc3-c3ccccc32)ccc1F)C(=O)O. The molecule has 3 aromatic rings. The molecule has 0 fully saturated rings. The van der Waals surface area contributed by atoms with Crippen LogP contribution < -0.4 is 10.6 Å². The maximum atomic E-state index is 14.3. The number of halogens is 1. The predicted octanol–water partition coefficient (Wildman–Crippen LogP) is 3.75. The smallest absolute Gasteiger partial charge is 0.411 e. The van der Waals surface area contributed by atoms with Crippen molar-refractivity contribution in [3.63, 3.8) is 0 Å². The van der Waals surface area contributed by atoms with Crippen molar-refractivity contribution >= 4 is 23.7 Å². The molecular formula is C26H23FN2O6. The van der Waals surface area contributed by atoms with Gasteiger partial charge in [-0.1, -0.05) is 48.5 Å². The van der Waals surface area contributed by atoms with E-state index in [4.69, 9.17) is 4.74 Å². The Hall–Kier alpha value is -4.24. The number of amides is 2. The molecule has 35 heavy (non-hydrogen) atoms. The van der Waals surface area contributed by atoms with E-state index in [9.17, 15) is 29.0 Å². The summed E-state index contributed by atoms with van der Waals surface area (Å²) >= 11 is 0. The van der Waals surface area contributed by atoms with Gasteiger partial charge in [-0.05, 0) is 47.4 Å². The van der Waals surface area contributed by atoms with Crippen molar-refractivity contribution in [1.82, 2.24) is 5.32 Å². The first-order valence-electron chi connectivity index (χ1n) is 10.8. The van der Waals surface area contributed by atoms with Gasteiger partial charge in [-0.25, -0.2) is 14.0 Å². The van der Waals surface area contributed by atoms with E-state index in [2.05, 4.69) is 10.6 Å². The second-order valence-electron chi connectivity index (χ2n) is 8.39. The molecule has 0 spiro atoms. The first kappa shape index (κ1) is 23.9. The fourth-order valence-electron chi connectivity index (χ4n) is 4.01. The molecule has 0 aromatic heterocycles. The van der Waals surface area contributed by atoms with Crippen LogP contribution in [-0.2, 0) is 9.53 Å². The third-order valence-electron chi connectivity index (χ3n) is 5.98. The molecule has 3 aromatic carbocycles. The van der Waals surface area contributed by atoms with Crippen LogP contribution in [0.4, 0.5) is 14.9 Å². The number of hydrogen-bond donors (Lipinski definition) is 4. The summed E-state index contributed by atoms with van der Waals surface area (Å²) in [6.07, 6.45) is -0.796. The highest BCUT2D eigenvalue weighted by Gasteiger charge is 2.35. The molecule has 8 nitrogen and oxygen atoms in total. The fraction of sp³-hybridized carbons (Fsp3) is 0.192. The van der Waals surface area contributed by atoms with Crippen LogP contribution in [0.2, 0.25) is 0 Å². The van der Waals surface area contributed by atoms with Gasteiger partial charge in [0.1, 0.15) is 12.4 Å². The van der Waals surface area contributed by atoms with Gasteiger partial charge in [0.15, 0.2) is 5.54 Å². The van der Waals surface area contributed by atoms with Crippen molar-refractivity contribution < 1.29 is 33.7 Å². The van der Waals surface area contributed by atoms with Gasteiger partial charge in [0.05, 0.1) is 12.2 Å². The average molecular weight is 478 g/mol. The minimum absolute atomic E-state index is 0.0713. The number of carbonyl (C=O) groups excluding carboxylic acids is 2. The van der Waals surface area contributed by atoms with E-state index in [0.717, 1.165) is 41.3 Å². The van der Waals surface area contributed by atoms with Crippen molar-refractivity contribution in [2.24, 2.45) is 0 Å². The summed E-state index contributed by atoms with van der Waals surface area (Å²) < 4.78 is 19.7. The third kappa shape index (κ3) is 4.71. The highest BCUT2D eigenvalue weighted by molar-refractivity contribution is 5.99. The summed E-state index contributed by atoms with van der Waals surface area (Å²) in [5.74, 6) is -3.61. The van der Waals surface area contributed by atoms with Crippen molar-refractivity contribution in [3.8, 4) is 11.1 Å². The number of hydrogen-bond acceptors (Lipinski definition) is 5. The Balaban J connectivity index is 1.45. The Bertz CT molecular complexity index is 1270. The minimum atomic E-state index is -2.00. The summed E-state index contributed by atoms with van der Waals surface area (Å²) in [7, 11) is 0. The van der Waals surface area contributed by atoms with Gasteiger partial charge in [0.2, 0.25) is 0 Å². The zero-order chi connectivity index (χ0) is 25.2. The normalized spacial score (nSPS) is 13.8. The molecule has 4 rings (SSSR count). The largest absolute Gasteiger partial charge is 0.479 e. The number of carbonyl (C=O) groups is 3. The Kier molecular flexibility index (Phi) is 6.52. The van der Waals surface area contributed by atoms with E-state index in [0.29, 0.717) is 0 Å². The summed E-state index contributed by atoms with van der Waals surface area (Å²) in [6.45, 7) is 0.263. The summed E-state index contributed by atoms with van der Waals surface area (Å²) in [5, 5.41) is 23.1. The molecule has 2 amide bonds. The Morgan fingerprint density at radius 3 is 2.17 bits per heavy atom. The lowest BCUT2D eigenvalue weighted by Gasteiger charge is -2.23. The summed E-state index contributed by atoms with van der Waals surface area (Å²) in [5.41, 5.74) is 1.85. The van der Waals surface area contributed by atoms with E-state index in [1.807, 2.05) is 48.5 Å². The molecule has 0 heterocycles. The number of aliphatic carboxylic acids is 1. The van der Waals surface area contributed by atoms with Gasteiger partial charge in [-0.15, -0.1) is 0 Å². The van der Waals surface area contributed by atoms with Crippen LogP contribution in [0, 0.1) is 5.82 Å². The van der Waals surface area contributed by atoms with Gasteiger partial charge >= 0.3 is 12.1 Å². The van der Waals surface area contributed by atoms with Gasteiger partial charge in [0, 0.05) is 11.6 Å². The summed E-state index contributed by atoms with van der Waals surface area (Å²) in [6, 6.07) is 19.0. The van der Waals surface area contributed by atoms with Gasteiger partial charge in [-0.3, -0.25) is 10.1 Å². The van der Waals surface area contributed by atoms with Crippen LogP contribution >= 0.6 is 0 Å². The number of rotatable bonds is 7. The molecule has 0 radical (unpaired) electrons. The zero-order valence-electron chi connectivity index (χ0n) is 18.7. The van der Waals surface area contributed by atoms with Crippen LogP contribution in [0.15, 0.2) is 66.7 Å². The maximum Gasteiger partial charge on any atom is 0.411 e. The van der Waals surface area contributed by atoms with Gasteiger partial charge < -0.3 is 20.3 Å². The number of carboxylic acid groups (broad SMARTS) is 1. The van der Waals surface area contributed by atoms with Crippen LogP contribution in [0.25, 0.3) is 11.1 Å². The molecule has 4 N–H and O–H groups in total. The van der Waals surface area contributed by atoms with E-state index in [1.54, 1.807) is 0 Å². The van der Waals surface area contributed by atoms with E-state index >= 15 is 0 Å². The molecule has 0 aliphatic heterocycles. The number of aliphatic hydroxyl groups is 1. The Labute approximate surface area is 200 Å². The summed E-state index contributed by atoms with van der Waals surface area (Å²) in [4.78, 5) is 36.2. The number of fused-ring (bicyclic) bond motifs is 3. The maximum absolute atomic E-state index is 14.3. The third-order valence-corrected chi connectivity index (χ3v) is 5.98. The lowest BCUT2D eigenvalue weighted by Crippen LogP contribution is -2.55. The van der Waals surface area contributed by atoms with E-state index in [1.165, 1.54) is 6.07 Å². The van der Waals surface area contributed by atoms with Crippen molar-refractivity contribution in [2.75, 3.05) is 18.5 Å². The monoisotopic (exact) mass is 478 g/mol. The molecule has 180 valence electrons. The standard InChI is InChI=1S/C26H23FN2O6/c1-26(14-30,24(32)33)29-23(31)20-12-15(10-11-22(20)27)28-25(34)35-13-21-18-8-4-2-6-16(18)17-7-3-5-9-19(17)21/h2-12,21,30H,13-14H2,1H3,(H,28,34)(H,29,31)(H,32,33). The van der Waals surface area contributed by atoms with Crippen LogP contribution in [-0.4, -0.2) is 46.9 Å². The van der Waals surface area contributed by atoms with Crippen molar-refractivity contribution in [3.05, 3.63) is 89.2 Å². The van der Waals surface area contributed by atoms with Crippen LogP contribution in [0.1, 0.15) is 34.3 Å². The van der Waals surface area contributed by atoms with E-state index < -0.39 is 41.5 Å². The number of anilines is 1. The highest BCUT2D eigenvalue weighted by Crippen LogP contribution is 2.44. The quantitative estimate of drug-likeness (QED) is 0.410. The predicted molar refractivity (Wildman–Crippen MR) is 126 cm³/mol. The molecule has 0 saturated carbocycles. The van der Waals surface area contributed by atoms with Gasteiger partial charge in [0.25, 0.3) is 5.91 Å². The molecular weight excluding hydrogens is 455 g/mol. The molecule has 1 aliphatic carbocycles. The highest BCUT2D eigenvalue weighted by atomic mass is 19.1. The average Bonchev–Trinajstić information content (AvgIpc) is 3.17. The number of carboxylic acids is 1. The zero-order valence-corrected chi connectivity index (χ0v) is 18.7. The number of ether oxygens (including phenoxy) is 1. The van der Waals surface area contributed by atoms with Crippen molar-refractivity contribution in [2.45, 2.75) is 18.4 Å². The Morgan fingerprint density at radius 1 is 1.00 bits per heavy atom. The molecule has 9 heteroatoms. The Morgan fingerprint density at radius 2 is 1.60 bits per heavy atom. The second-order valence-corrected chi connectivity index (χ2v) is 8.39. The molecule has 1 aliphatic rings. The lowest BCUT2D eigenvalue weighted by molar-refractivity contribution is -0.145. The molecule has 1 atom stereocenters. The number of benzene rings is 3. The second kappa shape index (κ2) is 9.55. The number of nitrogens with one attached hydrogen (secondary N) is 2. The van der Waals surface area contributed by atoms with E-state index in [-0.39, 0.29) is 18.2 Å².